The molecule has 0 aromatic carbocycles. The van der Waals surface area contributed by atoms with Crippen LogP contribution in [0.1, 0.15) is 34.5 Å². The molecule has 1 amide bonds. The van der Waals surface area contributed by atoms with E-state index in [0.717, 1.165) is 55.6 Å². The zero-order valence-corrected chi connectivity index (χ0v) is 13.4. The number of rotatable bonds is 4. The second-order valence-corrected chi connectivity index (χ2v) is 5.83. The summed E-state index contributed by atoms with van der Waals surface area (Å²) in [4.78, 5) is 21.9. The number of alkyl halides is 3. The molecule has 0 unspecified atom stereocenters. The molecule has 1 N–H and O–H groups in total. The van der Waals surface area contributed by atoms with E-state index in [4.69, 9.17) is 0 Å². The number of amides is 1. The molecular weight excluding hydrogens is 333 g/mol. The molecule has 2 aromatic heterocycles. The van der Waals surface area contributed by atoms with E-state index in [0.29, 0.717) is 0 Å². The Labute approximate surface area is 142 Å². The van der Waals surface area contributed by atoms with Crippen molar-refractivity contribution < 1.29 is 18.0 Å². The largest absolute Gasteiger partial charge is 0.433 e. The highest BCUT2D eigenvalue weighted by molar-refractivity contribution is 5.93. The van der Waals surface area contributed by atoms with E-state index in [1.54, 1.807) is 12.3 Å². The number of nitrogens with zero attached hydrogens (tertiary/aromatic N) is 3. The van der Waals surface area contributed by atoms with E-state index in [1.165, 1.54) is 0 Å². The van der Waals surface area contributed by atoms with Crippen molar-refractivity contribution >= 4 is 11.7 Å². The van der Waals surface area contributed by atoms with Gasteiger partial charge in [-0.05, 0) is 42.7 Å². The molecule has 1 fully saturated rings. The summed E-state index contributed by atoms with van der Waals surface area (Å²) in [7, 11) is 0. The van der Waals surface area contributed by atoms with Crippen LogP contribution in [-0.2, 0) is 12.7 Å². The van der Waals surface area contributed by atoms with Gasteiger partial charge in [-0.15, -0.1) is 0 Å². The molecule has 0 spiro atoms. The minimum absolute atomic E-state index is 0.0850. The van der Waals surface area contributed by atoms with Crippen LogP contribution in [0.15, 0.2) is 36.7 Å². The Balaban J connectivity index is 1.61. The Morgan fingerprint density at radius 3 is 2.56 bits per heavy atom. The summed E-state index contributed by atoms with van der Waals surface area (Å²) in [5.74, 6) is 0.404. The maximum absolute atomic E-state index is 12.5. The topological polar surface area (TPSA) is 58.1 Å². The van der Waals surface area contributed by atoms with Gasteiger partial charge in [0.1, 0.15) is 11.5 Å². The van der Waals surface area contributed by atoms with Crippen molar-refractivity contribution in [1.82, 2.24) is 15.3 Å². The number of carbonyl (C=O) groups excluding carboxylic acids is 1. The van der Waals surface area contributed by atoms with E-state index in [1.807, 2.05) is 6.07 Å². The number of anilines is 1. The molecule has 0 aliphatic carbocycles. The van der Waals surface area contributed by atoms with Gasteiger partial charge in [0.25, 0.3) is 5.91 Å². The average Bonchev–Trinajstić information content (AvgIpc) is 3.14. The first-order valence-electron chi connectivity index (χ1n) is 7.95. The number of hydrogen-bond donors (Lipinski definition) is 1. The molecule has 0 radical (unpaired) electrons. The molecule has 3 rings (SSSR count). The fourth-order valence-electron chi connectivity index (χ4n) is 2.67. The van der Waals surface area contributed by atoms with Crippen molar-refractivity contribution in [3.05, 3.63) is 53.5 Å². The fraction of sp³-hybridized carbons (Fsp3) is 0.353. The first-order valence-corrected chi connectivity index (χ1v) is 7.95. The molecule has 25 heavy (non-hydrogen) atoms. The lowest BCUT2D eigenvalue weighted by molar-refractivity contribution is -0.141. The molecule has 8 heteroatoms. The van der Waals surface area contributed by atoms with Gasteiger partial charge in [-0.2, -0.15) is 13.2 Å². The maximum atomic E-state index is 12.5. The molecule has 5 nitrogen and oxygen atoms in total. The number of nitrogens with one attached hydrogen (secondary N) is 1. The highest BCUT2D eigenvalue weighted by Gasteiger charge is 2.32. The summed E-state index contributed by atoms with van der Waals surface area (Å²) >= 11 is 0. The standard InChI is InChI=1S/C17H17F3N4O/c18-17(19,20)14-4-3-13(11-22-14)16(25)23-10-12-5-6-21-15(9-12)24-7-1-2-8-24/h3-6,9,11H,1-2,7-8,10H2,(H,23,25). The maximum Gasteiger partial charge on any atom is 0.433 e. The van der Waals surface area contributed by atoms with Crippen LogP contribution in [0.3, 0.4) is 0 Å². The summed E-state index contributed by atoms with van der Waals surface area (Å²) in [6.07, 6.45) is 0.389. The lowest BCUT2D eigenvalue weighted by atomic mass is 10.2. The van der Waals surface area contributed by atoms with Crippen molar-refractivity contribution in [2.75, 3.05) is 18.0 Å². The fourth-order valence-corrected chi connectivity index (χ4v) is 2.67. The van der Waals surface area contributed by atoms with E-state index in [9.17, 15) is 18.0 Å². The smallest absolute Gasteiger partial charge is 0.357 e. The van der Waals surface area contributed by atoms with Crippen LogP contribution in [0, 0.1) is 0 Å². The Bertz CT molecular complexity index is 740. The van der Waals surface area contributed by atoms with Crippen molar-refractivity contribution in [3.8, 4) is 0 Å². The van der Waals surface area contributed by atoms with Gasteiger partial charge in [-0.25, -0.2) is 4.98 Å². The summed E-state index contributed by atoms with van der Waals surface area (Å²) < 4.78 is 37.4. The van der Waals surface area contributed by atoms with Crippen LogP contribution in [0.25, 0.3) is 0 Å². The predicted molar refractivity (Wildman–Crippen MR) is 86.1 cm³/mol. The molecule has 0 saturated carbocycles. The average molecular weight is 350 g/mol. The van der Waals surface area contributed by atoms with Gasteiger partial charge >= 0.3 is 6.18 Å². The number of aromatic nitrogens is 2. The van der Waals surface area contributed by atoms with Gasteiger partial charge in [0, 0.05) is 32.0 Å². The Kier molecular flexibility index (Phi) is 4.87. The quantitative estimate of drug-likeness (QED) is 0.921. The first-order chi connectivity index (χ1) is 11.9. The Hall–Kier alpha value is -2.64. The van der Waals surface area contributed by atoms with Gasteiger partial charge in [0.15, 0.2) is 0 Å². The third-order valence-electron chi connectivity index (χ3n) is 4.01. The number of pyridine rings is 2. The number of carbonyl (C=O) groups is 1. The SMILES string of the molecule is O=C(NCc1ccnc(N2CCCC2)c1)c1ccc(C(F)(F)F)nc1. The summed E-state index contributed by atoms with van der Waals surface area (Å²) in [5, 5.41) is 2.68. The zero-order valence-electron chi connectivity index (χ0n) is 13.4. The monoisotopic (exact) mass is 350 g/mol. The van der Waals surface area contributed by atoms with E-state index >= 15 is 0 Å². The van der Waals surface area contributed by atoms with Gasteiger partial charge in [0.05, 0.1) is 5.56 Å². The number of hydrogen-bond acceptors (Lipinski definition) is 4. The molecule has 1 saturated heterocycles. The molecule has 0 bridgehead atoms. The number of halogens is 3. The van der Waals surface area contributed by atoms with Crippen molar-refractivity contribution in [2.45, 2.75) is 25.6 Å². The second-order valence-electron chi connectivity index (χ2n) is 5.83. The van der Waals surface area contributed by atoms with Crippen LogP contribution in [-0.4, -0.2) is 29.0 Å². The predicted octanol–water partition coefficient (Wildman–Crippen LogP) is 3.03. The Morgan fingerprint density at radius 1 is 1.16 bits per heavy atom. The molecule has 1 aliphatic rings. The highest BCUT2D eigenvalue weighted by Crippen LogP contribution is 2.27. The minimum Gasteiger partial charge on any atom is -0.357 e. The summed E-state index contributed by atoms with van der Waals surface area (Å²) in [5.41, 5.74) is -0.0552. The molecule has 3 heterocycles. The third kappa shape index (κ3) is 4.26. The summed E-state index contributed by atoms with van der Waals surface area (Å²) in [6.45, 7) is 2.21. The lowest BCUT2D eigenvalue weighted by Gasteiger charge is -2.17. The normalized spacial score (nSPS) is 14.6. The van der Waals surface area contributed by atoms with Crippen LogP contribution in [0.4, 0.5) is 19.0 Å². The van der Waals surface area contributed by atoms with Crippen molar-refractivity contribution in [3.63, 3.8) is 0 Å². The zero-order chi connectivity index (χ0) is 17.9. The summed E-state index contributed by atoms with van der Waals surface area (Å²) in [6, 6.07) is 5.63. The van der Waals surface area contributed by atoms with E-state index in [-0.39, 0.29) is 12.1 Å². The lowest BCUT2D eigenvalue weighted by Crippen LogP contribution is -2.24. The van der Waals surface area contributed by atoms with Crippen LogP contribution < -0.4 is 10.2 Å². The van der Waals surface area contributed by atoms with E-state index < -0.39 is 17.8 Å². The minimum atomic E-state index is -4.52. The van der Waals surface area contributed by atoms with Gasteiger partial charge < -0.3 is 10.2 Å². The molecular formula is C17H17F3N4O. The van der Waals surface area contributed by atoms with E-state index in [2.05, 4.69) is 20.2 Å². The van der Waals surface area contributed by atoms with Crippen molar-refractivity contribution in [2.24, 2.45) is 0 Å². The second kappa shape index (κ2) is 7.08. The molecule has 2 aromatic rings. The van der Waals surface area contributed by atoms with Crippen molar-refractivity contribution in [1.29, 1.82) is 0 Å². The highest BCUT2D eigenvalue weighted by atomic mass is 19.4. The third-order valence-corrected chi connectivity index (χ3v) is 4.01. The van der Waals surface area contributed by atoms with Crippen LogP contribution >= 0.6 is 0 Å². The Morgan fingerprint density at radius 2 is 1.92 bits per heavy atom. The van der Waals surface area contributed by atoms with Gasteiger partial charge in [-0.1, -0.05) is 0 Å². The molecule has 1 aliphatic heterocycles. The van der Waals surface area contributed by atoms with Crippen LogP contribution in [0.5, 0.6) is 0 Å². The molecule has 0 atom stereocenters. The van der Waals surface area contributed by atoms with Gasteiger partial charge in [0.2, 0.25) is 0 Å². The molecule has 132 valence electrons. The van der Waals surface area contributed by atoms with Crippen LogP contribution in [0.2, 0.25) is 0 Å². The first kappa shape index (κ1) is 17.2. The van der Waals surface area contributed by atoms with Gasteiger partial charge in [-0.3, -0.25) is 9.78 Å².